The highest BCUT2D eigenvalue weighted by Gasteiger charge is 2.14. The number of nitrogens with zero attached hydrogens (tertiary/aromatic N) is 3. The largest absolute Gasteiger partial charge is 0.346 e. The molecule has 0 atom stereocenters. The topological polar surface area (TPSA) is 62.7 Å². The molecular weight excluding hydrogens is 286 g/mol. The Labute approximate surface area is 135 Å². The molecule has 3 aromatic heterocycles. The van der Waals surface area contributed by atoms with Crippen LogP contribution in [0.1, 0.15) is 22.9 Å². The molecule has 3 rings (SSSR count). The maximum absolute atomic E-state index is 4.42. The molecule has 5 heteroatoms. The van der Waals surface area contributed by atoms with E-state index in [-0.39, 0.29) is 6.17 Å². The van der Waals surface area contributed by atoms with Crippen LogP contribution >= 0.6 is 0 Å². The first-order chi connectivity index (χ1) is 11.2. The lowest BCUT2D eigenvalue weighted by Gasteiger charge is -2.23. The smallest absolute Gasteiger partial charge is 0.130 e. The Bertz CT molecular complexity index is 726. The van der Waals surface area contributed by atoms with Crippen molar-refractivity contribution in [1.29, 1.82) is 0 Å². The van der Waals surface area contributed by atoms with Crippen LogP contribution in [-0.4, -0.2) is 15.0 Å². The monoisotopic (exact) mass is 305 g/mol. The van der Waals surface area contributed by atoms with Gasteiger partial charge in [-0.3, -0.25) is 4.98 Å². The van der Waals surface area contributed by atoms with E-state index in [4.69, 9.17) is 0 Å². The van der Waals surface area contributed by atoms with Crippen LogP contribution in [0.15, 0.2) is 61.2 Å². The summed E-state index contributed by atoms with van der Waals surface area (Å²) in [7, 11) is 0. The van der Waals surface area contributed by atoms with E-state index >= 15 is 0 Å². The molecule has 0 aliphatic heterocycles. The maximum atomic E-state index is 4.42. The molecular formula is C18H19N5. The van der Waals surface area contributed by atoms with Crippen molar-refractivity contribution in [3.8, 4) is 0 Å². The highest BCUT2D eigenvalue weighted by molar-refractivity contribution is 5.50. The van der Waals surface area contributed by atoms with Crippen LogP contribution in [0.3, 0.4) is 0 Å². The number of aromatic nitrogens is 3. The Morgan fingerprint density at radius 2 is 1.35 bits per heavy atom. The fourth-order valence-corrected chi connectivity index (χ4v) is 2.30. The van der Waals surface area contributed by atoms with Crippen LogP contribution in [0, 0.1) is 13.8 Å². The maximum Gasteiger partial charge on any atom is 0.130 e. The zero-order valence-corrected chi connectivity index (χ0v) is 13.2. The number of anilines is 2. The molecule has 3 aromatic rings. The molecule has 0 spiro atoms. The molecule has 5 nitrogen and oxygen atoms in total. The first kappa shape index (κ1) is 15.0. The molecule has 0 aromatic carbocycles. The van der Waals surface area contributed by atoms with Crippen molar-refractivity contribution in [2.75, 3.05) is 10.6 Å². The molecule has 0 aliphatic carbocycles. The molecule has 23 heavy (non-hydrogen) atoms. The molecule has 0 fully saturated rings. The van der Waals surface area contributed by atoms with Crippen LogP contribution in [-0.2, 0) is 0 Å². The van der Waals surface area contributed by atoms with Crippen molar-refractivity contribution < 1.29 is 0 Å². The molecule has 116 valence electrons. The molecule has 0 radical (unpaired) electrons. The third-order valence-corrected chi connectivity index (χ3v) is 3.60. The van der Waals surface area contributed by atoms with Gasteiger partial charge in [0.1, 0.15) is 17.8 Å². The van der Waals surface area contributed by atoms with Gasteiger partial charge in [-0.15, -0.1) is 0 Å². The zero-order chi connectivity index (χ0) is 16.1. The van der Waals surface area contributed by atoms with Crippen LogP contribution in [0.4, 0.5) is 11.6 Å². The second-order valence-corrected chi connectivity index (χ2v) is 5.35. The van der Waals surface area contributed by atoms with Gasteiger partial charge >= 0.3 is 0 Å². The summed E-state index contributed by atoms with van der Waals surface area (Å²) in [5.41, 5.74) is 3.18. The van der Waals surface area contributed by atoms with E-state index in [0.717, 1.165) is 28.3 Å². The lowest BCUT2D eigenvalue weighted by molar-refractivity contribution is 0.868. The Morgan fingerprint density at radius 3 is 1.83 bits per heavy atom. The van der Waals surface area contributed by atoms with Crippen LogP contribution in [0.5, 0.6) is 0 Å². The van der Waals surface area contributed by atoms with Crippen molar-refractivity contribution in [2.45, 2.75) is 20.0 Å². The molecule has 3 heterocycles. The van der Waals surface area contributed by atoms with Gasteiger partial charge in [-0.1, -0.05) is 18.2 Å². The van der Waals surface area contributed by atoms with Gasteiger partial charge in [0.25, 0.3) is 0 Å². The third-order valence-electron chi connectivity index (χ3n) is 3.60. The number of aryl methyl sites for hydroxylation is 2. The van der Waals surface area contributed by atoms with Crippen molar-refractivity contribution in [3.63, 3.8) is 0 Å². The lowest BCUT2D eigenvalue weighted by Crippen LogP contribution is -2.22. The van der Waals surface area contributed by atoms with Gasteiger partial charge in [-0.05, 0) is 43.2 Å². The SMILES string of the molecule is Cc1cccnc1NC(Nc1ncccc1C)c1cccnc1. The van der Waals surface area contributed by atoms with Gasteiger partial charge in [0.15, 0.2) is 0 Å². The van der Waals surface area contributed by atoms with E-state index < -0.39 is 0 Å². The lowest BCUT2D eigenvalue weighted by atomic mass is 10.2. The molecule has 0 aliphatic rings. The van der Waals surface area contributed by atoms with Crippen molar-refractivity contribution >= 4 is 11.6 Å². The number of hydrogen-bond acceptors (Lipinski definition) is 5. The van der Waals surface area contributed by atoms with E-state index in [0.29, 0.717) is 0 Å². The summed E-state index contributed by atoms with van der Waals surface area (Å²) in [5, 5.41) is 6.87. The van der Waals surface area contributed by atoms with Crippen LogP contribution < -0.4 is 10.6 Å². The first-order valence-electron chi connectivity index (χ1n) is 7.50. The van der Waals surface area contributed by atoms with Gasteiger partial charge in [0.05, 0.1) is 0 Å². The third kappa shape index (κ3) is 3.63. The Balaban J connectivity index is 1.91. The number of nitrogens with one attached hydrogen (secondary N) is 2. The molecule has 2 N–H and O–H groups in total. The summed E-state index contributed by atoms with van der Waals surface area (Å²) in [6.07, 6.45) is 6.98. The van der Waals surface area contributed by atoms with Gasteiger partial charge in [0, 0.05) is 30.4 Å². The van der Waals surface area contributed by atoms with E-state index in [1.807, 2.05) is 56.4 Å². The number of rotatable bonds is 5. The second kappa shape index (κ2) is 6.87. The first-order valence-corrected chi connectivity index (χ1v) is 7.50. The number of hydrogen-bond donors (Lipinski definition) is 2. The Hall–Kier alpha value is -2.95. The Morgan fingerprint density at radius 1 is 0.783 bits per heavy atom. The molecule has 0 unspecified atom stereocenters. The molecule has 0 saturated heterocycles. The average molecular weight is 305 g/mol. The summed E-state index contributed by atoms with van der Waals surface area (Å²) in [6.45, 7) is 4.06. The summed E-state index contributed by atoms with van der Waals surface area (Å²) in [4.78, 5) is 13.0. The predicted molar refractivity (Wildman–Crippen MR) is 92.2 cm³/mol. The molecule has 0 saturated carbocycles. The quantitative estimate of drug-likeness (QED) is 0.704. The summed E-state index contributed by atoms with van der Waals surface area (Å²) < 4.78 is 0. The second-order valence-electron chi connectivity index (χ2n) is 5.35. The van der Waals surface area contributed by atoms with Crippen molar-refractivity contribution in [1.82, 2.24) is 15.0 Å². The molecule has 0 amide bonds. The van der Waals surface area contributed by atoms with Gasteiger partial charge in [-0.2, -0.15) is 0 Å². The summed E-state index contributed by atoms with van der Waals surface area (Å²) >= 11 is 0. The fraction of sp³-hybridized carbons (Fsp3) is 0.167. The number of pyridine rings is 3. The van der Waals surface area contributed by atoms with E-state index in [9.17, 15) is 0 Å². The van der Waals surface area contributed by atoms with E-state index in [1.54, 1.807) is 18.6 Å². The van der Waals surface area contributed by atoms with Crippen LogP contribution in [0.2, 0.25) is 0 Å². The molecule has 0 bridgehead atoms. The van der Waals surface area contributed by atoms with Crippen LogP contribution in [0.25, 0.3) is 0 Å². The van der Waals surface area contributed by atoms with E-state index in [1.165, 1.54) is 0 Å². The van der Waals surface area contributed by atoms with Crippen molar-refractivity contribution in [3.05, 3.63) is 77.9 Å². The minimum absolute atomic E-state index is 0.175. The normalized spacial score (nSPS) is 10.6. The van der Waals surface area contributed by atoms with Crippen molar-refractivity contribution in [2.24, 2.45) is 0 Å². The zero-order valence-electron chi connectivity index (χ0n) is 13.2. The Kier molecular flexibility index (Phi) is 4.47. The summed E-state index contributed by atoms with van der Waals surface area (Å²) in [6, 6.07) is 11.9. The van der Waals surface area contributed by atoms with E-state index in [2.05, 4.69) is 25.6 Å². The van der Waals surface area contributed by atoms with Gasteiger partial charge < -0.3 is 10.6 Å². The average Bonchev–Trinajstić information content (AvgIpc) is 2.59. The standard InChI is InChI=1S/C18H19N5/c1-13-6-3-10-20-16(13)22-18(15-8-5-9-19-12-15)23-17-14(2)7-4-11-21-17/h3-12,18H,1-2H3,(H,20,22)(H,21,23). The van der Waals surface area contributed by atoms with Gasteiger partial charge in [0.2, 0.25) is 0 Å². The van der Waals surface area contributed by atoms with Gasteiger partial charge in [-0.25, -0.2) is 9.97 Å². The fourth-order valence-electron chi connectivity index (χ4n) is 2.30. The highest BCUT2D eigenvalue weighted by atomic mass is 15.2. The predicted octanol–water partition coefficient (Wildman–Crippen LogP) is 3.71. The minimum atomic E-state index is -0.175. The minimum Gasteiger partial charge on any atom is -0.346 e. The highest BCUT2D eigenvalue weighted by Crippen LogP contribution is 2.22. The summed E-state index contributed by atoms with van der Waals surface area (Å²) in [5.74, 6) is 1.67.